The molecule has 1 heteroatoms. The Morgan fingerprint density at radius 3 is 2.50 bits per heavy atom. The van der Waals surface area contributed by atoms with Gasteiger partial charge in [0.25, 0.3) is 0 Å². The van der Waals surface area contributed by atoms with Crippen molar-refractivity contribution in [3.05, 3.63) is 35.9 Å². The summed E-state index contributed by atoms with van der Waals surface area (Å²) in [5, 5.41) is 0. The molecule has 2 fully saturated rings. The van der Waals surface area contributed by atoms with Crippen LogP contribution in [0.1, 0.15) is 56.9 Å². The highest BCUT2D eigenvalue weighted by Gasteiger charge is 2.34. The first kappa shape index (κ1) is 13.9. The molecule has 3 atom stereocenters. The van der Waals surface area contributed by atoms with E-state index in [4.69, 9.17) is 0 Å². The van der Waals surface area contributed by atoms with Gasteiger partial charge < -0.3 is 0 Å². The molecule has 3 rings (SSSR count). The van der Waals surface area contributed by atoms with Gasteiger partial charge in [-0.2, -0.15) is 0 Å². The highest BCUT2D eigenvalue weighted by atomic mass is 16.1. The van der Waals surface area contributed by atoms with Crippen LogP contribution < -0.4 is 0 Å². The Balaban J connectivity index is 1.50. The lowest BCUT2D eigenvalue weighted by molar-refractivity contribution is -0.125. The first-order valence-corrected chi connectivity index (χ1v) is 8.39. The lowest BCUT2D eigenvalue weighted by Crippen LogP contribution is -2.31. The zero-order chi connectivity index (χ0) is 13.8. The third-order valence-corrected chi connectivity index (χ3v) is 5.50. The zero-order valence-corrected chi connectivity index (χ0v) is 12.4. The van der Waals surface area contributed by atoms with E-state index in [0.717, 1.165) is 31.1 Å². The number of rotatable bonds is 4. The van der Waals surface area contributed by atoms with E-state index in [1.54, 1.807) is 0 Å². The summed E-state index contributed by atoms with van der Waals surface area (Å²) in [7, 11) is 0. The summed E-state index contributed by atoms with van der Waals surface area (Å²) in [6.07, 6.45) is 11.0. The van der Waals surface area contributed by atoms with Gasteiger partial charge in [-0.25, -0.2) is 0 Å². The van der Waals surface area contributed by atoms with Crippen molar-refractivity contribution in [2.75, 3.05) is 0 Å². The van der Waals surface area contributed by atoms with Gasteiger partial charge in [0.1, 0.15) is 5.78 Å². The third kappa shape index (κ3) is 3.31. The lowest BCUT2D eigenvalue weighted by Gasteiger charge is -2.38. The van der Waals surface area contributed by atoms with Gasteiger partial charge in [-0.3, -0.25) is 4.79 Å². The molecule has 1 aromatic carbocycles. The Labute approximate surface area is 122 Å². The van der Waals surface area contributed by atoms with Crippen molar-refractivity contribution in [3.63, 3.8) is 0 Å². The van der Waals surface area contributed by atoms with Crippen LogP contribution in [0.25, 0.3) is 0 Å². The van der Waals surface area contributed by atoms with Crippen molar-refractivity contribution < 1.29 is 4.79 Å². The molecule has 0 spiro atoms. The molecule has 0 aliphatic heterocycles. The number of aryl methyl sites for hydroxylation is 1. The minimum absolute atomic E-state index is 0.373. The van der Waals surface area contributed by atoms with Crippen molar-refractivity contribution in [1.82, 2.24) is 0 Å². The van der Waals surface area contributed by atoms with Crippen molar-refractivity contribution in [3.8, 4) is 0 Å². The van der Waals surface area contributed by atoms with E-state index in [1.165, 1.54) is 44.1 Å². The fourth-order valence-corrected chi connectivity index (χ4v) is 4.28. The molecule has 20 heavy (non-hydrogen) atoms. The predicted molar refractivity (Wildman–Crippen MR) is 82.6 cm³/mol. The first-order valence-electron chi connectivity index (χ1n) is 8.39. The van der Waals surface area contributed by atoms with Crippen molar-refractivity contribution in [2.24, 2.45) is 17.8 Å². The molecule has 0 amide bonds. The molecule has 1 aromatic rings. The Hall–Kier alpha value is -1.11. The van der Waals surface area contributed by atoms with Crippen molar-refractivity contribution in [2.45, 2.75) is 57.8 Å². The smallest absolute Gasteiger partial charge is 0.136 e. The Morgan fingerprint density at radius 2 is 1.70 bits per heavy atom. The SMILES string of the molecule is O=C(CCc1ccccc1)C1CCC2CCCCC2C1. The lowest BCUT2D eigenvalue weighted by atomic mass is 9.66. The number of hydrogen-bond donors (Lipinski definition) is 0. The van der Waals surface area contributed by atoms with Gasteiger partial charge in [0.2, 0.25) is 0 Å². The third-order valence-electron chi connectivity index (χ3n) is 5.50. The number of carbonyl (C=O) groups is 1. The summed E-state index contributed by atoms with van der Waals surface area (Å²) in [5.41, 5.74) is 1.30. The van der Waals surface area contributed by atoms with Crippen LogP contribution in [0.3, 0.4) is 0 Å². The van der Waals surface area contributed by atoms with E-state index in [-0.39, 0.29) is 0 Å². The highest BCUT2D eigenvalue weighted by molar-refractivity contribution is 5.81. The second-order valence-corrected chi connectivity index (χ2v) is 6.77. The molecule has 3 unspecified atom stereocenters. The maximum absolute atomic E-state index is 12.4. The molecule has 0 N–H and O–H groups in total. The number of hydrogen-bond acceptors (Lipinski definition) is 1. The number of Topliss-reactive ketones (excluding diaryl/α,β-unsaturated/α-hetero) is 1. The second kappa shape index (κ2) is 6.56. The summed E-state index contributed by atoms with van der Waals surface area (Å²) in [6, 6.07) is 10.4. The van der Waals surface area contributed by atoms with Gasteiger partial charge in [-0.15, -0.1) is 0 Å². The van der Waals surface area contributed by atoms with Gasteiger partial charge >= 0.3 is 0 Å². The summed E-state index contributed by atoms with van der Waals surface area (Å²) < 4.78 is 0. The quantitative estimate of drug-likeness (QED) is 0.768. The van der Waals surface area contributed by atoms with Crippen LogP contribution in [0.15, 0.2) is 30.3 Å². The molecule has 0 radical (unpaired) electrons. The molecule has 2 aliphatic carbocycles. The maximum atomic E-state index is 12.4. The van der Waals surface area contributed by atoms with Gasteiger partial charge in [-0.1, -0.05) is 56.0 Å². The van der Waals surface area contributed by atoms with E-state index < -0.39 is 0 Å². The minimum Gasteiger partial charge on any atom is -0.299 e. The molecule has 0 aromatic heterocycles. The Kier molecular flexibility index (Phi) is 4.54. The predicted octanol–water partition coefficient (Wildman–Crippen LogP) is 4.79. The zero-order valence-electron chi connectivity index (χ0n) is 12.4. The highest BCUT2D eigenvalue weighted by Crippen LogP contribution is 2.43. The number of carbonyl (C=O) groups excluding carboxylic acids is 1. The normalized spacial score (nSPS) is 29.7. The summed E-state index contributed by atoms with van der Waals surface area (Å²) in [5.74, 6) is 2.71. The average molecular weight is 270 g/mol. The largest absolute Gasteiger partial charge is 0.299 e. The number of benzene rings is 1. The fourth-order valence-electron chi connectivity index (χ4n) is 4.28. The van der Waals surface area contributed by atoms with Gasteiger partial charge in [0.15, 0.2) is 0 Å². The molecule has 2 aliphatic rings. The monoisotopic (exact) mass is 270 g/mol. The van der Waals surface area contributed by atoms with Crippen molar-refractivity contribution in [1.29, 1.82) is 0 Å². The standard InChI is InChI=1S/C19H26O/c20-19(13-10-15-6-2-1-3-7-15)18-12-11-16-8-4-5-9-17(16)14-18/h1-3,6-7,16-18H,4-5,8-14H2. The molecule has 0 saturated heterocycles. The van der Waals surface area contributed by atoms with Crippen LogP contribution in [-0.2, 0) is 11.2 Å². The Morgan fingerprint density at radius 1 is 0.950 bits per heavy atom. The van der Waals surface area contributed by atoms with Crippen LogP contribution in [-0.4, -0.2) is 5.78 Å². The second-order valence-electron chi connectivity index (χ2n) is 6.77. The average Bonchev–Trinajstić information content (AvgIpc) is 2.53. The van der Waals surface area contributed by atoms with E-state index in [2.05, 4.69) is 24.3 Å². The van der Waals surface area contributed by atoms with Crippen LogP contribution in [0.4, 0.5) is 0 Å². The summed E-state index contributed by atoms with van der Waals surface area (Å²) in [4.78, 5) is 12.4. The molecular formula is C19H26O. The molecule has 1 nitrogen and oxygen atoms in total. The van der Waals surface area contributed by atoms with Crippen LogP contribution in [0, 0.1) is 17.8 Å². The number of ketones is 1. The van der Waals surface area contributed by atoms with Gasteiger partial charge in [0.05, 0.1) is 0 Å². The maximum Gasteiger partial charge on any atom is 0.136 e. The molecular weight excluding hydrogens is 244 g/mol. The van der Waals surface area contributed by atoms with Gasteiger partial charge in [-0.05, 0) is 43.1 Å². The van der Waals surface area contributed by atoms with Gasteiger partial charge in [0, 0.05) is 12.3 Å². The van der Waals surface area contributed by atoms with E-state index in [0.29, 0.717) is 11.7 Å². The minimum atomic E-state index is 0.373. The van der Waals surface area contributed by atoms with Crippen LogP contribution in [0.2, 0.25) is 0 Å². The van der Waals surface area contributed by atoms with E-state index >= 15 is 0 Å². The van der Waals surface area contributed by atoms with E-state index in [1.807, 2.05) is 6.07 Å². The topological polar surface area (TPSA) is 17.1 Å². The van der Waals surface area contributed by atoms with Crippen LogP contribution in [0.5, 0.6) is 0 Å². The first-order chi connectivity index (χ1) is 9.83. The summed E-state index contributed by atoms with van der Waals surface area (Å²) in [6.45, 7) is 0. The Bertz CT molecular complexity index is 436. The molecule has 108 valence electrons. The molecule has 0 heterocycles. The fraction of sp³-hybridized carbons (Fsp3) is 0.632. The molecule has 2 saturated carbocycles. The molecule has 0 bridgehead atoms. The number of fused-ring (bicyclic) bond motifs is 1. The van der Waals surface area contributed by atoms with Crippen LogP contribution >= 0.6 is 0 Å². The summed E-state index contributed by atoms with van der Waals surface area (Å²) >= 11 is 0. The van der Waals surface area contributed by atoms with Crippen molar-refractivity contribution >= 4 is 5.78 Å². The van der Waals surface area contributed by atoms with E-state index in [9.17, 15) is 4.79 Å².